The molecule has 0 bridgehead atoms. The number of hydrogen-bond acceptors (Lipinski definition) is 5. The number of sulfonamides is 1. The van der Waals surface area contributed by atoms with Crippen molar-refractivity contribution in [3.8, 4) is 0 Å². The number of nitrogens with zero attached hydrogens (tertiary/aromatic N) is 4. The third kappa shape index (κ3) is 3.38. The van der Waals surface area contributed by atoms with E-state index in [-0.39, 0.29) is 5.03 Å². The maximum absolute atomic E-state index is 12.4. The van der Waals surface area contributed by atoms with E-state index in [1.54, 1.807) is 17.1 Å². The number of nitrogens with two attached hydrogens (primary N) is 1. The van der Waals surface area contributed by atoms with Gasteiger partial charge in [-0.1, -0.05) is 0 Å². The Morgan fingerprint density at radius 3 is 2.55 bits per heavy atom. The van der Waals surface area contributed by atoms with Gasteiger partial charge in [-0.05, 0) is 26.4 Å². The van der Waals surface area contributed by atoms with Gasteiger partial charge in [-0.25, -0.2) is 13.4 Å². The number of rotatable bonds is 6. The second-order valence-corrected chi connectivity index (χ2v) is 6.82. The van der Waals surface area contributed by atoms with Gasteiger partial charge in [0.25, 0.3) is 10.0 Å². The van der Waals surface area contributed by atoms with Gasteiger partial charge < -0.3 is 15.2 Å². The molecule has 0 amide bonds. The van der Waals surface area contributed by atoms with E-state index >= 15 is 0 Å². The highest BCUT2D eigenvalue weighted by Gasteiger charge is 2.29. The lowest BCUT2D eigenvalue weighted by Gasteiger charge is -2.33. The molecule has 2 N–H and O–H groups in total. The fourth-order valence-electron chi connectivity index (χ4n) is 2.29. The van der Waals surface area contributed by atoms with E-state index in [0.29, 0.717) is 19.6 Å². The molecule has 2 heterocycles. The Labute approximate surface area is 120 Å². The normalized spacial score (nSPS) is 18.5. The van der Waals surface area contributed by atoms with Crippen LogP contribution in [0.4, 0.5) is 0 Å². The van der Waals surface area contributed by atoms with Crippen molar-refractivity contribution in [2.45, 2.75) is 24.9 Å². The highest BCUT2D eigenvalue weighted by atomic mass is 32.2. The summed E-state index contributed by atoms with van der Waals surface area (Å²) in [5.41, 5.74) is 5.49. The van der Waals surface area contributed by atoms with E-state index in [4.69, 9.17) is 5.73 Å². The molecular formula is C12H23N5O2S. The highest BCUT2D eigenvalue weighted by molar-refractivity contribution is 7.89. The summed E-state index contributed by atoms with van der Waals surface area (Å²) in [4.78, 5) is 6.26. The van der Waals surface area contributed by atoms with Gasteiger partial charge in [-0.15, -0.1) is 0 Å². The van der Waals surface area contributed by atoms with Crippen LogP contribution in [0.15, 0.2) is 17.6 Å². The molecule has 0 aliphatic carbocycles. The van der Waals surface area contributed by atoms with Crippen LogP contribution in [0.25, 0.3) is 0 Å². The van der Waals surface area contributed by atoms with Gasteiger partial charge in [0.15, 0.2) is 5.03 Å². The summed E-state index contributed by atoms with van der Waals surface area (Å²) >= 11 is 0. The lowest BCUT2D eigenvalue weighted by atomic mass is 10.3. The smallest absolute Gasteiger partial charge is 0.262 e. The van der Waals surface area contributed by atoms with Crippen molar-refractivity contribution in [3.63, 3.8) is 0 Å². The minimum Gasteiger partial charge on any atom is -0.336 e. The predicted octanol–water partition coefficient (Wildman–Crippen LogP) is -0.442. The first-order valence-electron chi connectivity index (χ1n) is 7.02. The summed E-state index contributed by atoms with van der Waals surface area (Å²) in [6.45, 7) is 6.84. The zero-order valence-electron chi connectivity index (χ0n) is 11.9. The molecule has 0 radical (unpaired) electrons. The minimum atomic E-state index is -3.45. The summed E-state index contributed by atoms with van der Waals surface area (Å²) in [5, 5.41) is 0.148. The third-order valence-corrected chi connectivity index (χ3v) is 5.37. The van der Waals surface area contributed by atoms with E-state index in [0.717, 1.165) is 32.6 Å². The van der Waals surface area contributed by atoms with Gasteiger partial charge in [0.1, 0.15) is 0 Å². The molecule has 8 heteroatoms. The maximum atomic E-state index is 12.4. The second-order valence-electron chi connectivity index (χ2n) is 4.93. The first-order chi connectivity index (χ1) is 9.57. The molecule has 1 aromatic rings. The van der Waals surface area contributed by atoms with E-state index in [1.165, 1.54) is 4.31 Å². The molecule has 1 fully saturated rings. The summed E-state index contributed by atoms with van der Waals surface area (Å²) in [6.07, 6.45) is 4.11. The Morgan fingerprint density at radius 1 is 1.30 bits per heavy atom. The number of aromatic nitrogens is 2. The maximum Gasteiger partial charge on any atom is 0.262 e. The monoisotopic (exact) mass is 301 g/mol. The fourth-order valence-corrected chi connectivity index (χ4v) is 3.64. The predicted molar refractivity (Wildman–Crippen MR) is 76.8 cm³/mol. The van der Waals surface area contributed by atoms with Crippen molar-refractivity contribution >= 4 is 10.0 Å². The summed E-state index contributed by atoms with van der Waals surface area (Å²) in [6, 6.07) is 0. The number of hydrogen-bond donors (Lipinski definition) is 1. The standard InChI is InChI=1S/C12H23N5O2S/c1-2-15-10-12(14-11-15)20(18,19)17-8-6-16(7-9-17)5-3-4-13/h10-11H,2-9,13H2,1H3. The van der Waals surface area contributed by atoms with Crippen LogP contribution in [0.3, 0.4) is 0 Å². The number of aryl methyl sites for hydroxylation is 1. The molecule has 2 rings (SSSR count). The lowest BCUT2D eigenvalue weighted by Crippen LogP contribution is -2.49. The Bertz CT molecular complexity index is 520. The van der Waals surface area contributed by atoms with Gasteiger partial charge in [-0.3, -0.25) is 0 Å². The lowest BCUT2D eigenvalue weighted by molar-refractivity contribution is 0.187. The quantitative estimate of drug-likeness (QED) is 0.770. The Kier molecular flexibility index (Phi) is 5.14. The topological polar surface area (TPSA) is 84.5 Å². The number of imidazole rings is 1. The molecule has 7 nitrogen and oxygen atoms in total. The summed E-state index contributed by atoms with van der Waals surface area (Å²) in [7, 11) is -3.45. The molecular weight excluding hydrogens is 278 g/mol. The molecule has 114 valence electrons. The van der Waals surface area contributed by atoms with Crippen LogP contribution in [-0.2, 0) is 16.6 Å². The molecule has 1 aliphatic heterocycles. The molecule has 0 saturated carbocycles. The molecule has 0 spiro atoms. The third-order valence-electron chi connectivity index (χ3n) is 3.59. The van der Waals surface area contributed by atoms with Crippen LogP contribution in [0, 0.1) is 0 Å². The van der Waals surface area contributed by atoms with Gasteiger partial charge in [0.05, 0.1) is 6.33 Å². The molecule has 1 aliphatic rings. The summed E-state index contributed by atoms with van der Waals surface area (Å²) in [5.74, 6) is 0. The highest BCUT2D eigenvalue weighted by Crippen LogP contribution is 2.15. The van der Waals surface area contributed by atoms with Crippen LogP contribution in [0.1, 0.15) is 13.3 Å². The van der Waals surface area contributed by atoms with Crippen molar-refractivity contribution in [2.75, 3.05) is 39.3 Å². The van der Waals surface area contributed by atoms with E-state index in [2.05, 4.69) is 9.88 Å². The zero-order valence-corrected chi connectivity index (χ0v) is 12.7. The van der Waals surface area contributed by atoms with Crippen molar-refractivity contribution < 1.29 is 8.42 Å². The second kappa shape index (κ2) is 6.66. The first kappa shape index (κ1) is 15.4. The summed E-state index contributed by atoms with van der Waals surface area (Å²) < 4.78 is 28.2. The Balaban J connectivity index is 1.98. The average molecular weight is 301 g/mol. The van der Waals surface area contributed by atoms with Crippen molar-refractivity contribution in [1.82, 2.24) is 18.8 Å². The van der Waals surface area contributed by atoms with Crippen LogP contribution in [0.5, 0.6) is 0 Å². The van der Waals surface area contributed by atoms with Gasteiger partial charge in [-0.2, -0.15) is 4.31 Å². The first-order valence-corrected chi connectivity index (χ1v) is 8.46. The van der Waals surface area contributed by atoms with Crippen LogP contribution < -0.4 is 5.73 Å². The fraction of sp³-hybridized carbons (Fsp3) is 0.750. The molecule has 0 unspecified atom stereocenters. The van der Waals surface area contributed by atoms with Crippen LogP contribution in [-0.4, -0.2) is 66.4 Å². The van der Waals surface area contributed by atoms with Crippen molar-refractivity contribution in [1.29, 1.82) is 0 Å². The van der Waals surface area contributed by atoms with Gasteiger partial charge in [0, 0.05) is 38.9 Å². The van der Waals surface area contributed by atoms with Crippen LogP contribution in [0.2, 0.25) is 0 Å². The van der Waals surface area contributed by atoms with E-state index < -0.39 is 10.0 Å². The van der Waals surface area contributed by atoms with E-state index in [9.17, 15) is 8.42 Å². The molecule has 0 aromatic carbocycles. The molecule has 1 saturated heterocycles. The van der Waals surface area contributed by atoms with Crippen LogP contribution >= 0.6 is 0 Å². The average Bonchev–Trinajstić information content (AvgIpc) is 2.95. The number of piperazine rings is 1. The van der Waals surface area contributed by atoms with Crippen molar-refractivity contribution in [2.24, 2.45) is 5.73 Å². The molecule has 1 aromatic heterocycles. The Hall–Kier alpha value is -0.960. The zero-order chi connectivity index (χ0) is 14.6. The molecule has 0 atom stereocenters. The largest absolute Gasteiger partial charge is 0.336 e. The van der Waals surface area contributed by atoms with Crippen molar-refractivity contribution in [3.05, 3.63) is 12.5 Å². The van der Waals surface area contributed by atoms with E-state index in [1.807, 2.05) is 6.92 Å². The van der Waals surface area contributed by atoms with Gasteiger partial charge >= 0.3 is 0 Å². The van der Waals surface area contributed by atoms with Gasteiger partial charge in [0.2, 0.25) is 0 Å². The Morgan fingerprint density at radius 2 is 2.00 bits per heavy atom. The minimum absolute atomic E-state index is 0.148. The molecule has 20 heavy (non-hydrogen) atoms. The SMILES string of the molecule is CCn1cnc(S(=O)(=O)N2CCN(CCCN)CC2)c1.